The fourth-order valence-electron chi connectivity index (χ4n) is 1.58. The van der Waals surface area contributed by atoms with Crippen LogP contribution in [-0.4, -0.2) is 11.4 Å². The van der Waals surface area contributed by atoms with E-state index in [0.717, 1.165) is 22.1 Å². The van der Waals surface area contributed by atoms with Crippen molar-refractivity contribution < 1.29 is 4.79 Å². The first-order valence-electron chi connectivity index (χ1n) is 5.73. The smallest absolute Gasteiger partial charge is 0.244 e. The lowest BCUT2D eigenvalue weighted by molar-refractivity contribution is -0.120. The minimum absolute atomic E-state index is 0. The Labute approximate surface area is 123 Å². The van der Waals surface area contributed by atoms with E-state index >= 15 is 0 Å². The Morgan fingerprint density at radius 1 is 1.50 bits per heavy atom. The van der Waals surface area contributed by atoms with Gasteiger partial charge in [0.05, 0.1) is 5.54 Å². The van der Waals surface area contributed by atoms with E-state index < -0.39 is 5.54 Å². The van der Waals surface area contributed by atoms with Crippen LogP contribution in [0.15, 0.2) is 22.7 Å². The first kappa shape index (κ1) is 17.4. The maximum atomic E-state index is 12.0. The zero-order chi connectivity index (χ0) is 13.1. The molecular formula is C13H20BrClN2O. The van der Waals surface area contributed by atoms with E-state index in [1.165, 1.54) is 0 Å². The van der Waals surface area contributed by atoms with Crippen LogP contribution in [0.5, 0.6) is 0 Å². The van der Waals surface area contributed by atoms with E-state index in [1.807, 2.05) is 32.0 Å². The van der Waals surface area contributed by atoms with Crippen molar-refractivity contribution in [2.75, 3.05) is 5.32 Å². The third kappa shape index (κ3) is 4.59. The topological polar surface area (TPSA) is 55.1 Å². The maximum Gasteiger partial charge on any atom is 0.244 e. The predicted octanol–water partition coefficient (Wildman–Crippen LogP) is 3.64. The van der Waals surface area contributed by atoms with Crippen molar-refractivity contribution in [3.05, 3.63) is 28.2 Å². The Balaban J connectivity index is 0.00000289. The van der Waals surface area contributed by atoms with Crippen molar-refractivity contribution in [3.63, 3.8) is 0 Å². The minimum atomic E-state index is -0.813. The first-order valence-corrected chi connectivity index (χ1v) is 6.52. The Hall–Kier alpha value is -0.580. The highest BCUT2D eigenvalue weighted by molar-refractivity contribution is 9.10. The quantitative estimate of drug-likeness (QED) is 0.882. The molecule has 1 aromatic rings. The summed E-state index contributed by atoms with van der Waals surface area (Å²) in [7, 11) is 0. The van der Waals surface area contributed by atoms with E-state index in [0.29, 0.717) is 6.42 Å². The van der Waals surface area contributed by atoms with E-state index in [1.54, 1.807) is 6.92 Å². The number of carbonyl (C=O) groups excluding carboxylic acids is 1. The summed E-state index contributed by atoms with van der Waals surface area (Å²) in [5.41, 5.74) is 7.05. The van der Waals surface area contributed by atoms with Gasteiger partial charge in [-0.3, -0.25) is 4.79 Å². The van der Waals surface area contributed by atoms with Crippen molar-refractivity contribution in [2.45, 2.75) is 39.2 Å². The summed E-state index contributed by atoms with van der Waals surface area (Å²) in [6.45, 7) is 5.77. The highest BCUT2D eigenvalue weighted by Gasteiger charge is 2.27. The molecule has 3 nitrogen and oxygen atoms in total. The SMILES string of the molecule is CCCC(C)(N)C(=O)Nc1ccc(C)c(Br)c1.Cl. The van der Waals surface area contributed by atoms with Gasteiger partial charge in [-0.25, -0.2) is 0 Å². The first-order chi connectivity index (χ1) is 7.86. The number of aryl methyl sites for hydroxylation is 1. The van der Waals surface area contributed by atoms with Crippen LogP contribution in [0.2, 0.25) is 0 Å². The number of hydrogen-bond acceptors (Lipinski definition) is 2. The number of hydrogen-bond donors (Lipinski definition) is 2. The average molecular weight is 336 g/mol. The number of rotatable bonds is 4. The third-order valence-electron chi connectivity index (χ3n) is 2.72. The molecule has 102 valence electrons. The van der Waals surface area contributed by atoms with Crippen LogP contribution >= 0.6 is 28.3 Å². The maximum absolute atomic E-state index is 12.0. The molecule has 0 aliphatic heterocycles. The molecule has 1 rings (SSSR count). The van der Waals surface area contributed by atoms with E-state index in [9.17, 15) is 4.79 Å². The second-order valence-electron chi connectivity index (χ2n) is 4.59. The third-order valence-corrected chi connectivity index (χ3v) is 3.57. The Kier molecular flexibility index (Phi) is 6.89. The van der Waals surface area contributed by atoms with Gasteiger partial charge in [0.2, 0.25) is 5.91 Å². The molecule has 1 aromatic carbocycles. The molecule has 0 radical (unpaired) electrons. The van der Waals surface area contributed by atoms with Crippen LogP contribution in [0.3, 0.4) is 0 Å². The summed E-state index contributed by atoms with van der Waals surface area (Å²) < 4.78 is 0.976. The molecule has 18 heavy (non-hydrogen) atoms. The predicted molar refractivity (Wildman–Crippen MR) is 82.3 cm³/mol. The van der Waals surface area contributed by atoms with Gasteiger partial charge in [-0.2, -0.15) is 0 Å². The van der Waals surface area contributed by atoms with Gasteiger partial charge in [0, 0.05) is 10.2 Å². The van der Waals surface area contributed by atoms with E-state index in [2.05, 4.69) is 21.2 Å². The molecule has 0 bridgehead atoms. The fourth-order valence-corrected chi connectivity index (χ4v) is 1.96. The van der Waals surface area contributed by atoms with Crippen molar-refractivity contribution in [2.24, 2.45) is 5.73 Å². The van der Waals surface area contributed by atoms with Crippen molar-refractivity contribution in [1.29, 1.82) is 0 Å². The lowest BCUT2D eigenvalue weighted by atomic mass is 9.96. The molecule has 0 spiro atoms. The van der Waals surface area contributed by atoms with Gasteiger partial charge in [0.25, 0.3) is 0 Å². The largest absolute Gasteiger partial charge is 0.324 e. The van der Waals surface area contributed by atoms with Gasteiger partial charge >= 0.3 is 0 Å². The zero-order valence-electron chi connectivity index (χ0n) is 10.9. The summed E-state index contributed by atoms with van der Waals surface area (Å²) in [4.78, 5) is 12.0. The van der Waals surface area contributed by atoms with Crippen LogP contribution in [0.4, 0.5) is 5.69 Å². The average Bonchev–Trinajstić information content (AvgIpc) is 2.23. The van der Waals surface area contributed by atoms with E-state index in [4.69, 9.17) is 5.73 Å². The molecule has 0 fully saturated rings. The fraction of sp³-hybridized carbons (Fsp3) is 0.462. The number of nitrogens with two attached hydrogens (primary N) is 1. The molecule has 1 unspecified atom stereocenters. The summed E-state index contributed by atoms with van der Waals surface area (Å²) in [5.74, 6) is -0.143. The summed E-state index contributed by atoms with van der Waals surface area (Å²) in [6.07, 6.45) is 1.56. The summed E-state index contributed by atoms with van der Waals surface area (Å²) >= 11 is 3.43. The molecule has 0 heterocycles. The van der Waals surface area contributed by atoms with Crippen LogP contribution in [0, 0.1) is 6.92 Å². The standard InChI is InChI=1S/C13H19BrN2O.ClH/c1-4-7-13(3,15)12(17)16-10-6-5-9(2)11(14)8-10;/h5-6,8H,4,7,15H2,1-3H3,(H,16,17);1H. The summed E-state index contributed by atoms with van der Waals surface area (Å²) in [5, 5.41) is 2.84. The van der Waals surface area contributed by atoms with Crippen LogP contribution < -0.4 is 11.1 Å². The molecule has 0 aliphatic carbocycles. The Morgan fingerprint density at radius 2 is 2.11 bits per heavy atom. The lowest BCUT2D eigenvalue weighted by Gasteiger charge is -2.23. The molecular weight excluding hydrogens is 316 g/mol. The molecule has 0 aliphatic rings. The number of amides is 1. The number of halogens is 2. The molecule has 1 atom stereocenters. The van der Waals surface area contributed by atoms with Gasteiger partial charge in [0.15, 0.2) is 0 Å². The molecule has 0 aromatic heterocycles. The van der Waals surface area contributed by atoms with Gasteiger partial charge in [0.1, 0.15) is 0 Å². The van der Waals surface area contributed by atoms with Crippen molar-refractivity contribution in [3.8, 4) is 0 Å². The normalized spacial score (nSPS) is 13.4. The van der Waals surface area contributed by atoms with Gasteiger partial charge < -0.3 is 11.1 Å². The van der Waals surface area contributed by atoms with Crippen LogP contribution in [0.25, 0.3) is 0 Å². The monoisotopic (exact) mass is 334 g/mol. The van der Waals surface area contributed by atoms with E-state index in [-0.39, 0.29) is 18.3 Å². The minimum Gasteiger partial charge on any atom is -0.324 e. The molecule has 0 saturated heterocycles. The number of benzene rings is 1. The second kappa shape index (κ2) is 7.12. The highest BCUT2D eigenvalue weighted by Crippen LogP contribution is 2.21. The van der Waals surface area contributed by atoms with Gasteiger partial charge in [-0.1, -0.05) is 35.3 Å². The van der Waals surface area contributed by atoms with Crippen LogP contribution in [0.1, 0.15) is 32.3 Å². The number of nitrogens with one attached hydrogen (secondary N) is 1. The zero-order valence-corrected chi connectivity index (χ0v) is 13.3. The Morgan fingerprint density at radius 3 is 2.61 bits per heavy atom. The lowest BCUT2D eigenvalue weighted by Crippen LogP contribution is -2.48. The number of carbonyl (C=O) groups is 1. The molecule has 0 saturated carbocycles. The van der Waals surface area contributed by atoms with Gasteiger partial charge in [-0.15, -0.1) is 12.4 Å². The molecule has 1 amide bonds. The number of anilines is 1. The van der Waals surface area contributed by atoms with Crippen molar-refractivity contribution >= 4 is 39.9 Å². The highest BCUT2D eigenvalue weighted by atomic mass is 79.9. The second-order valence-corrected chi connectivity index (χ2v) is 5.44. The molecule has 3 N–H and O–H groups in total. The van der Waals surface area contributed by atoms with Crippen LogP contribution in [-0.2, 0) is 4.79 Å². The summed E-state index contributed by atoms with van der Waals surface area (Å²) in [6, 6.07) is 5.71. The Bertz CT molecular complexity index is 421. The van der Waals surface area contributed by atoms with Gasteiger partial charge in [-0.05, 0) is 38.0 Å². The molecule has 5 heteroatoms. The van der Waals surface area contributed by atoms with Crippen molar-refractivity contribution in [1.82, 2.24) is 0 Å².